The van der Waals surface area contributed by atoms with Gasteiger partial charge in [-0.1, -0.05) is 18.0 Å². The standard InChI is InChI=1S/C18H21ClN4O3S/c19-17-7-6-15(27(25,26)23-12-2-1-3-13-23)14-16(17)18(24)22(10-4-8-20)11-5-9-21/h6-7,14H,1-5,10-13H2. The maximum Gasteiger partial charge on any atom is 0.255 e. The van der Waals surface area contributed by atoms with Gasteiger partial charge in [0.2, 0.25) is 10.0 Å². The first-order chi connectivity index (χ1) is 12.9. The molecule has 1 amide bonds. The van der Waals surface area contributed by atoms with Gasteiger partial charge in [0.25, 0.3) is 5.91 Å². The van der Waals surface area contributed by atoms with Crippen LogP contribution in [0.2, 0.25) is 5.02 Å². The van der Waals surface area contributed by atoms with Crippen molar-refractivity contribution in [3.05, 3.63) is 28.8 Å². The Morgan fingerprint density at radius 1 is 1.11 bits per heavy atom. The Kier molecular flexibility index (Phi) is 7.61. The zero-order valence-corrected chi connectivity index (χ0v) is 16.5. The maximum absolute atomic E-state index is 12.9. The van der Waals surface area contributed by atoms with E-state index in [0.717, 1.165) is 19.3 Å². The van der Waals surface area contributed by atoms with Gasteiger partial charge < -0.3 is 4.90 Å². The molecular formula is C18H21ClN4O3S. The molecule has 1 aliphatic rings. The predicted molar refractivity (Wildman–Crippen MR) is 100 cm³/mol. The van der Waals surface area contributed by atoms with E-state index in [0.29, 0.717) is 13.1 Å². The molecule has 0 spiro atoms. The van der Waals surface area contributed by atoms with Gasteiger partial charge in [-0.25, -0.2) is 8.42 Å². The van der Waals surface area contributed by atoms with Crippen LogP contribution in [-0.4, -0.2) is 49.7 Å². The number of amides is 1. The van der Waals surface area contributed by atoms with Crippen molar-refractivity contribution >= 4 is 27.5 Å². The first kappa shape index (κ1) is 21.2. The number of sulfonamides is 1. The third-order valence-corrected chi connectivity index (χ3v) is 6.62. The van der Waals surface area contributed by atoms with Crippen molar-refractivity contribution in [1.82, 2.24) is 9.21 Å². The van der Waals surface area contributed by atoms with Crippen molar-refractivity contribution < 1.29 is 13.2 Å². The van der Waals surface area contributed by atoms with Gasteiger partial charge in [0.05, 0.1) is 40.5 Å². The Morgan fingerprint density at radius 3 is 2.26 bits per heavy atom. The van der Waals surface area contributed by atoms with E-state index in [9.17, 15) is 13.2 Å². The molecule has 2 rings (SSSR count). The van der Waals surface area contributed by atoms with Crippen LogP contribution in [0.15, 0.2) is 23.1 Å². The highest BCUT2D eigenvalue weighted by atomic mass is 35.5. The Labute approximate surface area is 164 Å². The molecule has 0 N–H and O–H groups in total. The lowest BCUT2D eigenvalue weighted by Gasteiger charge is -2.26. The van der Waals surface area contributed by atoms with E-state index in [2.05, 4.69) is 0 Å². The summed E-state index contributed by atoms with van der Waals surface area (Å²) in [6.45, 7) is 1.22. The average molecular weight is 409 g/mol. The number of nitrogens with zero attached hydrogens (tertiary/aromatic N) is 4. The molecule has 1 aromatic rings. The topological polar surface area (TPSA) is 105 Å². The first-order valence-electron chi connectivity index (χ1n) is 8.74. The van der Waals surface area contributed by atoms with Crippen molar-refractivity contribution in [3.63, 3.8) is 0 Å². The molecule has 0 atom stereocenters. The molecule has 7 nitrogen and oxygen atoms in total. The van der Waals surface area contributed by atoms with E-state index >= 15 is 0 Å². The summed E-state index contributed by atoms with van der Waals surface area (Å²) in [5.41, 5.74) is 0.0608. The minimum absolute atomic E-state index is 0.0256. The fourth-order valence-corrected chi connectivity index (χ4v) is 4.68. The van der Waals surface area contributed by atoms with Gasteiger partial charge in [0, 0.05) is 26.2 Å². The van der Waals surface area contributed by atoms with Crippen LogP contribution in [0.25, 0.3) is 0 Å². The summed E-state index contributed by atoms with van der Waals surface area (Å²) >= 11 is 6.15. The second-order valence-corrected chi connectivity index (χ2v) is 8.56. The van der Waals surface area contributed by atoms with Gasteiger partial charge >= 0.3 is 0 Å². The highest BCUT2D eigenvalue weighted by Gasteiger charge is 2.28. The Morgan fingerprint density at radius 2 is 1.70 bits per heavy atom. The quantitative estimate of drug-likeness (QED) is 0.689. The number of piperidine rings is 1. The average Bonchev–Trinajstić information content (AvgIpc) is 2.68. The van der Waals surface area contributed by atoms with Gasteiger partial charge in [-0.3, -0.25) is 4.79 Å². The van der Waals surface area contributed by atoms with Crippen molar-refractivity contribution in [2.75, 3.05) is 26.2 Å². The van der Waals surface area contributed by atoms with Gasteiger partial charge in [0.1, 0.15) is 0 Å². The van der Waals surface area contributed by atoms with Crippen LogP contribution in [-0.2, 0) is 10.0 Å². The lowest BCUT2D eigenvalue weighted by molar-refractivity contribution is 0.0762. The van der Waals surface area contributed by atoms with Crippen LogP contribution in [0.5, 0.6) is 0 Å². The lowest BCUT2D eigenvalue weighted by Crippen LogP contribution is -2.36. The van der Waals surface area contributed by atoms with Crippen molar-refractivity contribution in [1.29, 1.82) is 10.5 Å². The number of carbonyl (C=O) groups excluding carboxylic acids is 1. The zero-order valence-electron chi connectivity index (χ0n) is 14.9. The van der Waals surface area contributed by atoms with E-state index < -0.39 is 15.9 Å². The minimum Gasteiger partial charge on any atom is -0.337 e. The molecule has 0 bridgehead atoms. The summed E-state index contributed by atoms with van der Waals surface area (Å²) in [5.74, 6) is -0.485. The highest BCUT2D eigenvalue weighted by molar-refractivity contribution is 7.89. The van der Waals surface area contributed by atoms with Crippen molar-refractivity contribution in [3.8, 4) is 12.1 Å². The second kappa shape index (κ2) is 9.70. The Balaban J connectivity index is 2.33. The molecular weight excluding hydrogens is 388 g/mol. The third kappa shape index (κ3) is 5.20. The van der Waals surface area contributed by atoms with E-state index in [1.165, 1.54) is 27.4 Å². The van der Waals surface area contributed by atoms with E-state index in [-0.39, 0.29) is 41.4 Å². The first-order valence-corrected chi connectivity index (χ1v) is 10.6. The molecule has 9 heteroatoms. The summed E-state index contributed by atoms with van der Waals surface area (Å²) in [6, 6.07) is 8.02. The normalized spacial score (nSPS) is 14.9. The predicted octanol–water partition coefficient (Wildman–Crippen LogP) is 2.78. The van der Waals surface area contributed by atoms with Crippen LogP contribution in [0, 0.1) is 22.7 Å². The van der Waals surface area contributed by atoms with Crippen LogP contribution < -0.4 is 0 Å². The Bertz CT molecular complexity index is 850. The molecule has 0 aliphatic carbocycles. The molecule has 1 heterocycles. The molecule has 1 fully saturated rings. The smallest absolute Gasteiger partial charge is 0.255 e. The van der Waals surface area contributed by atoms with Crippen molar-refractivity contribution in [2.45, 2.75) is 37.0 Å². The van der Waals surface area contributed by atoms with Crippen molar-refractivity contribution in [2.24, 2.45) is 0 Å². The summed E-state index contributed by atoms with van der Waals surface area (Å²) in [4.78, 5) is 14.2. The molecule has 0 unspecified atom stereocenters. The molecule has 0 aromatic heterocycles. The van der Waals surface area contributed by atoms with Gasteiger partial charge in [-0.15, -0.1) is 0 Å². The minimum atomic E-state index is -3.70. The number of nitriles is 2. The van der Waals surface area contributed by atoms with Crippen LogP contribution >= 0.6 is 11.6 Å². The summed E-state index contributed by atoms with van der Waals surface area (Å²) in [5, 5.41) is 17.7. The fraction of sp³-hybridized carbons (Fsp3) is 0.500. The lowest BCUT2D eigenvalue weighted by atomic mass is 10.2. The molecule has 27 heavy (non-hydrogen) atoms. The Hall–Kier alpha value is -2.13. The second-order valence-electron chi connectivity index (χ2n) is 6.21. The SMILES string of the molecule is N#CCCN(CCC#N)C(=O)c1cc(S(=O)(=O)N2CCCCC2)ccc1Cl. The highest BCUT2D eigenvalue weighted by Crippen LogP contribution is 2.26. The molecule has 1 aromatic carbocycles. The summed E-state index contributed by atoms with van der Waals surface area (Å²) in [7, 11) is -3.70. The molecule has 1 saturated heterocycles. The van der Waals surface area contributed by atoms with E-state index in [4.69, 9.17) is 22.1 Å². The maximum atomic E-state index is 12.9. The van der Waals surface area contributed by atoms with E-state index in [1.807, 2.05) is 12.1 Å². The fourth-order valence-electron chi connectivity index (χ4n) is 2.94. The number of hydrogen-bond donors (Lipinski definition) is 0. The van der Waals surface area contributed by atoms with Gasteiger partial charge in [-0.2, -0.15) is 14.8 Å². The molecule has 1 aliphatic heterocycles. The summed E-state index contributed by atoms with van der Waals surface area (Å²) < 4.78 is 27.1. The number of halogens is 1. The largest absolute Gasteiger partial charge is 0.337 e. The zero-order chi connectivity index (χ0) is 19.9. The molecule has 0 saturated carbocycles. The van der Waals surface area contributed by atoms with E-state index in [1.54, 1.807) is 0 Å². The van der Waals surface area contributed by atoms with Crippen LogP contribution in [0.4, 0.5) is 0 Å². The molecule has 144 valence electrons. The van der Waals surface area contributed by atoms with Crippen LogP contribution in [0.3, 0.4) is 0 Å². The van der Waals surface area contributed by atoms with Crippen LogP contribution in [0.1, 0.15) is 42.5 Å². The molecule has 0 radical (unpaired) electrons. The number of hydrogen-bond acceptors (Lipinski definition) is 5. The summed E-state index contributed by atoms with van der Waals surface area (Å²) in [6.07, 6.45) is 2.85. The van der Waals surface area contributed by atoms with Gasteiger partial charge in [0.15, 0.2) is 0 Å². The number of rotatable bonds is 7. The third-order valence-electron chi connectivity index (χ3n) is 4.40. The monoisotopic (exact) mass is 408 g/mol. The van der Waals surface area contributed by atoms with Gasteiger partial charge in [-0.05, 0) is 31.0 Å². The number of benzene rings is 1. The number of carbonyl (C=O) groups is 1.